The third-order valence-electron chi connectivity index (χ3n) is 3.78. The predicted molar refractivity (Wildman–Crippen MR) is 47.9 cm³/mol. The molecule has 1 aliphatic heterocycles. The van der Waals surface area contributed by atoms with Gasteiger partial charge in [0.05, 0.1) is 12.2 Å². The maximum Gasteiger partial charge on any atom is 0.0788 e. The quantitative estimate of drug-likeness (QED) is 0.500. The number of hydrogen-bond donors (Lipinski definition) is 0. The highest BCUT2D eigenvalue weighted by Gasteiger charge is 2.42. The van der Waals surface area contributed by atoms with Crippen molar-refractivity contribution in [2.45, 2.75) is 44.3 Å². The summed E-state index contributed by atoms with van der Waals surface area (Å²) in [5.74, 6) is 1.79. The highest BCUT2D eigenvalue weighted by molar-refractivity contribution is 5.03. The van der Waals surface area contributed by atoms with Gasteiger partial charge < -0.3 is 4.74 Å². The lowest BCUT2D eigenvalue weighted by molar-refractivity contribution is -0.141. The Morgan fingerprint density at radius 1 is 1.08 bits per heavy atom. The van der Waals surface area contributed by atoms with Crippen LogP contribution in [0.1, 0.15) is 32.1 Å². The minimum Gasteiger partial charge on any atom is -0.370 e. The fourth-order valence-corrected chi connectivity index (χ4v) is 2.85. The van der Waals surface area contributed by atoms with E-state index in [4.69, 9.17) is 4.74 Å². The second-order valence-corrected chi connectivity index (χ2v) is 4.48. The highest BCUT2D eigenvalue weighted by Crippen LogP contribution is 2.44. The van der Waals surface area contributed by atoms with Gasteiger partial charge in [0.1, 0.15) is 0 Å². The molecule has 1 nitrogen and oxygen atoms in total. The molecule has 2 aliphatic carbocycles. The van der Waals surface area contributed by atoms with E-state index < -0.39 is 0 Å². The third-order valence-corrected chi connectivity index (χ3v) is 3.78. The molecule has 0 radical (unpaired) electrons. The van der Waals surface area contributed by atoms with E-state index in [1.165, 1.54) is 32.1 Å². The fraction of sp³-hybridized carbons (Fsp3) is 0.818. The normalized spacial score (nSPS) is 50.7. The summed E-state index contributed by atoms with van der Waals surface area (Å²) in [4.78, 5) is 0. The molecular formula is C11H16O. The van der Waals surface area contributed by atoms with Gasteiger partial charge in [-0.1, -0.05) is 12.2 Å². The first-order valence-corrected chi connectivity index (χ1v) is 5.25. The van der Waals surface area contributed by atoms with Gasteiger partial charge in [0.15, 0.2) is 0 Å². The van der Waals surface area contributed by atoms with Crippen molar-refractivity contribution >= 4 is 0 Å². The van der Waals surface area contributed by atoms with Gasteiger partial charge in [-0.05, 0) is 43.9 Å². The van der Waals surface area contributed by atoms with Crippen LogP contribution in [0.5, 0.6) is 0 Å². The Kier molecular flexibility index (Phi) is 1.54. The molecule has 1 saturated carbocycles. The molecule has 1 saturated heterocycles. The zero-order valence-electron chi connectivity index (χ0n) is 7.41. The first-order chi connectivity index (χ1) is 5.93. The Hall–Kier alpha value is -0.300. The van der Waals surface area contributed by atoms with Crippen molar-refractivity contribution < 1.29 is 4.74 Å². The van der Waals surface area contributed by atoms with E-state index in [1.54, 1.807) is 0 Å². The van der Waals surface area contributed by atoms with E-state index in [9.17, 15) is 0 Å². The van der Waals surface area contributed by atoms with Crippen LogP contribution in [0, 0.1) is 11.8 Å². The predicted octanol–water partition coefficient (Wildman–Crippen LogP) is 2.52. The molecule has 0 N–H and O–H groups in total. The number of fused-ring (bicyclic) bond motifs is 2. The van der Waals surface area contributed by atoms with Gasteiger partial charge in [0.2, 0.25) is 0 Å². The first kappa shape index (κ1) is 7.14. The number of rotatable bonds is 0. The minimum atomic E-state index is 0.486. The van der Waals surface area contributed by atoms with Gasteiger partial charge in [-0.3, -0.25) is 0 Å². The van der Waals surface area contributed by atoms with Crippen molar-refractivity contribution in [1.82, 2.24) is 0 Å². The van der Waals surface area contributed by atoms with Gasteiger partial charge in [0, 0.05) is 0 Å². The van der Waals surface area contributed by atoms with Crippen LogP contribution < -0.4 is 0 Å². The maximum atomic E-state index is 6.00. The molecular weight excluding hydrogens is 148 g/mol. The molecule has 0 aromatic heterocycles. The fourth-order valence-electron chi connectivity index (χ4n) is 2.85. The summed E-state index contributed by atoms with van der Waals surface area (Å²) in [5.41, 5.74) is 0. The van der Waals surface area contributed by atoms with Crippen molar-refractivity contribution in [1.29, 1.82) is 0 Å². The van der Waals surface area contributed by atoms with Crippen LogP contribution in [-0.2, 0) is 4.74 Å². The number of allylic oxidation sites excluding steroid dienone is 1. The zero-order valence-corrected chi connectivity index (χ0v) is 7.41. The standard InChI is InChI=1S/C11H16O/c1-2-4-10-8(3-1)7-9-5-6-11(9)12-10/h2,4,8-11H,1,3,5-7H2. The molecule has 12 heavy (non-hydrogen) atoms. The molecule has 2 fully saturated rings. The van der Waals surface area contributed by atoms with Gasteiger partial charge in [-0.2, -0.15) is 0 Å². The summed E-state index contributed by atoms with van der Waals surface area (Å²) in [6, 6.07) is 0. The van der Waals surface area contributed by atoms with Gasteiger partial charge in [-0.15, -0.1) is 0 Å². The van der Waals surface area contributed by atoms with E-state index >= 15 is 0 Å². The van der Waals surface area contributed by atoms with E-state index in [0.717, 1.165) is 11.8 Å². The van der Waals surface area contributed by atoms with Gasteiger partial charge >= 0.3 is 0 Å². The molecule has 66 valence electrons. The Morgan fingerprint density at radius 3 is 2.92 bits per heavy atom. The average molecular weight is 164 g/mol. The topological polar surface area (TPSA) is 9.23 Å². The molecule has 3 aliphatic rings. The van der Waals surface area contributed by atoms with Crippen molar-refractivity contribution in [3.8, 4) is 0 Å². The summed E-state index contributed by atoms with van der Waals surface area (Å²) >= 11 is 0. The maximum absolute atomic E-state index is 6.00. The van der Waals surface area contributed by atoms with Crippen molar-refractivity contribution in [3.05, 3.63) is 12.2 Å². The molecule has 4 unspecified atom stereocenters. The van der Waals surface area contributed by atoms with Crippen LogP contribution in [0.4, 0.5) is 0 Å². The second kappa shape index (κ2) is 2.59. The molecule has 0 aromatic carbocycles. The summed E-state index contributed by atoms with van der Waals surface area (Å²) in [6.07, 6.45) is 12.5. The summed E-state index contributed by atoms with van der Waals surface area (Å²) in [5, 5.41) is 0. The first-order valence-electron chi connectivity index (χ1n) is 5.25. The number of ether oxygens (including phenoxy) is 1. The van der Waals surface area contributed by atoms with E-state index in [0.29, 0.717) is 12.2 Å². The summed E-state index contributed by atoms with van der Waals surface area (Å²) < 4.78 is 6.00. The van der Waals surface area contributed by atoms with Crippen LogP contribution in [0.2, 0.25) is 0 Å². The molecule has 0 amide bonds. The molecule has 1 heteroatoms. The van der Waals surface area contributed by atoms with Crippen LogP contribution in [0.25, 0.3) is 0 Å². The van der Waals surface area contributed by atoms with Crippen LogP contribution in [0.15, 0.2) is 12.2 Å². The smallest absolute Gasteiger partial charge is 0.0788 e. The van der Waals surface area contributed by atoms with Crippen molar-refractivity contribution in [2.24, 2.45) is 11.8 Å². The lowest BCUT2D eigenvalue weighted by Gasteiger charge is -2.47. The van der Waals surface area contributed by atoms with Crippen molar-refractivity contribution in [2.75, 3.05) is 0 Å². The Morgan fingerprint density at radius 2 is 2.08 bits per heavy atom. The second-order valence-electron chi connectivity index (χ2n) is 4.48. The van der Waals surface area contributed by atoms with Gasteiger partial charge in [0.25, 0.3) is 0 Å². The Balaban J connectivity index is 1.77. The Labute approximate surface area is 73.8 Å². The van der Waals surface area contributed by atoms with Crippen LogP contribution in [-0.4, -0.2) is 12.2 Å². The van der Waals surface area contributed by atoms with Crippen LogP contribution in [0.3, 0.4) is 0 Å². The van der Waals surface area contributed by atoms with E-state index in [1.807, 2.05) is 0 Å². The monoisotopic (exact) mass is 164 g/mol. The third kappa shape index (κ3) is 0.957. The zero-order chi connectivity index (χ0) is 7.97. The molecule has 1 heterocycles. The van der Waals surface area contributed by atoms with Gasteiger partial charge in [-0.25, -0.2) is 0 Å². The highest BCUT2D eigenvalue weighted by atomic mass is 16.5. The van der Waals surface area contributed by atoms with Crippen molar-refractivity contribution in [3.63, 3.8) is 0 Å². The Bertz CT molecular complexity index is 209. The lowest BCUT2D eigenvalue weighted by Crippen LogP contribution is -2.46. The largest absolute Gasteiger partial charge is 0.370 e. The lowest BCUT2D eigenvalue weighted by atomic mass is 9.70. The molecule has 0 aromatic rings. The average Bonchev–Trinajstić information content (AvgIpc) is 2.09. The molecule has 0 bridgehead atoms. The summed E-state index contributed by atoms with van der Waals surface area (Å²) in [6.45, 7) is 0. The molecule has 0 spiro atoms. The molecule has 4 atom stereocenters. The summed E-state index contributed by atoms with van der Waals surface area (Å²) in [7, 11) is 0. The SMILES string of the molecule is C1=CC2OC3CCC3CC2CC1. The van der Waals surface area contributed by atoms with Crippen LogP contribution >= 0.6 is 0 Å². The molecule has 3 rings (SSSR count). The van der Waals surface area contributed by atoms with E-state index in [-0.39, 0.29) is 0 Å². The minimum absolute atomic E-state index is 0.486. The number of hydrogen-bond acceptors (Lipinski definition) is 1. The van der Waals surface area contributed by atoms with E-state index in [2.05, 4.69) is 12.2 Å².